The van der Waals surface area contributed by atoms with Crippen LogP contribution in [0, 0.1) is 5.82 Å². The number of ether oxygens (including phenoxy) is 1. The first-order valence-corrected chi connectivity index (χ1v) is 8.78. The molecule has 0 spiro atoms. The molecule has 2 aromatic carbocycles. The molecule has 0 saturated heterocycles. The number of hydrogen-bond donors (Lipinski definition) is 1. The van der Waals surface area contributed by atoms with Gasteiger partial charge in [0, 0.05) is 16.6 Å². The first kappa shape index (κ1) is 18.0. The number of carbonyl (C=O) groups is 1. The highest BCUT2D eigenvalue weighted by atomic mass is 35.5. The molecule has 0 aromatic heterocycles. The minimum Gasteiger partial charge on any atom is -0.494 e. The van der Waals surface area contributed by atoms with Crippen LogP contribution in [-0.4, -0.2) is 19.6 Å². The van der Waals surface area contributed by atoms with Crippen molar-refractivity contribution in [3.05, 3.63) is 63.4 Å². The molecule has 1 aliphatic rings. The Kier molecular flexibility index (Phi) is 5.21. The van der Waals surface area contributed by atoms with Crippen LogP contribution in [0.1, 0.15) is 24.0 Å². The molecular formula is C19H18Cl2FNO2. The average molecular weight is 382 g/mol. The van der Waals surface area contributed by atoms with Crippen molar-refractivity contribution in [2.75, 3.05) is 13.7 Å². The zero-order chi connectivity index (χ0) is 18.0. The van der Waals surface area contributed by atoms with Crippen LogP contribution in [0.4, 0.5) is 4.39 Å². The van der Waals surface area contributed by atoms with E-state index >= 15 is 0 Å². The number of rotatable bonds is 6. The predicted molar refractivity (Wildman–Crippen MR) is 97.0 cm³/mol. The quantitative estimate of drug-likeness (QED) is 0.797. The molecule has 1 fully saturated rings. The van der Waals surface area contributed by atoms with E-state index in [0.717, 1.165) is 24.0 Å². The van der Waals surface area contributed by atoms with E-state index in [0.29, 0.717) is 23.0 Å². The van der Waals surface area contributed by atoms with E-state index in [2.05, 4.69) is 5.32 Å². The zero-order valence-electron chi connectivity index (χ0n) is 13.7. The Morgan fingerprint density at radius 2 is 2.00 bits per heavy atom. The standard InChI is InChI=1S/C19H18Cl2FNO2/c1-25-17-5-2-12(10-16(17)22)6-9-23-18(24)19(7-8-19)14-4-3-13(20)11-15(14)21/h2-5,10-11H,6-9H2,1H3,(H,23,24). The van der Waals surface area contributed by atoms with E-state index in [9.17, 15) is 9.18 Å². The number of nitrogens with one attached hydrogen (secondary N) is 1. The van der Waals surface area contributed by atoms with Crippen LogP contribution < -0.4 is 10.1 Å². The second-order valence-corrected chi connectivity index (χ2v) is 7.02. The van der Waals surface area contributed by atoms with Gasteiger partial charge in [0.1, 0.15) is 0 Å². The van der Waals surface area contributed by atoms with Gasteiger partial charge in [-0.2, -0.15) is 0 Å². The number of amides is 1. The highest BCUT2D eigenvalue weighted by Crippen LogP contribution is 2.51. The maximum Gasteiger partial charge on any atom is 0.230 e. The van der Waals surface area contributed by atoms with Gasteiger partial charge in [-0.25, -0.2) is 4.39 Å². The summed E-state index contributed by atoms with van der Waals surface area (Å²) in [6.07, 6.45) is 2.06. The molecule has 25 heavy (non-hydrogen) atoms. The van der Waals surface area contributed by atoms with Crippen molar-refractivity contribution < 1.29 is 13.9 Å². The fourth-order valence-corrected chi connectivity index (χ4v) is 3.57. The Labute approximate surface area is 156 Å². The van der Waals surface area contributed by atoms with Crippen molar-refractivity contribution in [3.8, 4) is 5.75 Å². The first-order chi connectivity index (χ1) is 12.0. The molecule has 1 saturated carbocycles. The van der Waals surface area contributed by atoms with Gasteiger partial charge in [0.25, 0.3) is 0 Å². The summed E-state index contributed by atoms with van der Waals surface area (Å²) in [5, 5.41) is 4.00. The summed E-state index contributed by atoms with van der Waals surface area (Å²) in [5.41, 5.74) is 1.05. The molecule has 1 N–H and O–H groups in total. The molecule has 0 unspecified atom stereocenters. The molecule has 3 rings (SSSR count). The zero-order valence-corrected chi connectivity index (χ0v) is 15.3. The average Bonchev–Trinajstić information content (AvgIpc) is 3.36. The van der Waals surface area contributed by atoms with Crippen LogP contribution in [0.3, 0.4) is 0 Å². The van der Waals surface area contributed by atoms with E-state index in [4.69, 9.17) is 27.9 Å². The number of methoxy groups -OCH3 is 1. The minimum atomic E-state index is -0.563. The number of benzene rings is 2. The smallest absolute Gasteiger partial charge is 0.230 e. The van der Waals surface area contributed by atoms with Gasteiger partial charge >= 0.3 is 0 Å². The lowest BCUT2D eigenvalue weighted by atomic mass is 9.95. The molecule has 2 aromatic rings. The summed E-state index contributed by atoms with van der Waals surface area (Å²) in [6.45, 7) is 0.428. The number of hydrogen-bond acceptors (Lipinski definition) is 2. The second kappa shape index (κ2) is 7.22. The predicted octanol–water partition coefficient (Wildman–Crippen LogP) is 4.53. The lowest BCUT2D eigenvalue weighted by molar-refractivity contribution is -0.123. The van der Waals surface area contributed by atoms with Crippen molar-refractivity contribution in [1.82, 2.24) is 5.32 Å². The molecule has 0 radical (unpaired) electrons. The van der Waals surface area contributed by atoms with Gasteiger partial charge < -0.3 is 10.1 Å². The molecule has 0 atom stereocenters. The van der Waals surface area contributed by atoms with E-state index < -0.39 is 11.2 Å². The molecule has 6 heteroatoms. The monoisotopic (exact) mass is 381 g/mol. The van der Waals surface area contributed by atoms with Gasteiger partial charge in [0.05, 0.1) is 12.5 Å². The third-order valence-corrected chi connectivity index (χ3v) is 5.09. The van der Waals surface area contributed by atoms with Gasteiger partial charge in [-0.1, -0.05) is 35.3 Å². The van der Waals surface area contributed by atoms with Gasteiger partial charge in [-0.15, -0.1) is 0 Å². The Hall–Kier alpha value is -1.78. The van der Waals surface area contributed by atoms with Crippen LogP contribution in [-0.2, 0) is 16.6 Å². The molecule has 0 bridgehead atoms. The molecule has 1 aliphatic carbocycles. The highest BCUT2D eigenvalue weighted by molar-refractivity contribution is 6.35. The summed E-state index contributed by atoms with van der Waals surface area (Å²) < 4.78 is 18.6. The molecular weight excluding hydrogens is 364 g/mol. The van der Waals surface area contributed by atoms with E-state index in [1.54, 1.807) is 24.3 Å². The van der Waals surface area contributed by atoms with E-state index in [1.807, 2.05) is 6.07 Å². The maximum atomic E-state index is 13.7. The van der Waals surface area contributed by atoms with Crippen LogP contribution >= 0.6 is 23.2 Å². The largest absolute Gasteiger partial charge is 0.494 e. The van der Waals surface area contributed by atoms with Crippen LogP contribution in [0.5, 0.6) is 5.75 Å². The van der Waals surface area contributed by atoms with Crippen molar-refractivity contribution >= 4 is 29.1 Å². The van der Waals surface area contributed by atoms with Crippen LogP contribution in [0.15, 0.2) is 36.4 Å². The number of carbonyl (C=O) groups excluding carboxylic acids is 1. The summed E-state index contributed by atoms with van der Waals surface area (Å²) >= 11 is 12.2. The Bertz CT molecular complexity index is 806. The number of halogens is 3. The van der Waals surface area contributed by atoms with E-state index in [-0.39, 0.29) is 11.7 Å². The SMILES string of the molecule is COc1ccc(CCNC(=O)C2(c3ccc(Cl)cc3Cl)CC2)cc1F. The van der Waals surface area contributed by atoms with Crippen molar-refractivity contribution in [2.45, 2.75) is 24.7 Å². The van der Waals surface area contributed by atoms with Crippen LogP contribution in [0.2, 0.25) is 10.0 Å². The Morgan fingerprint density at radius 3 is 2.60 bits per heavy atom. The summed E-state index contributed by atoms with van der Waals surface area (Å²) in [7, 11) is 1.43. The van der Waals surface area contributed by atoms with Gasteiger partial charge in [-0.05, 0) is 54.7 Å². The third kappa shape index (κ3) is 3.75. The molecule has 0 aliphatic heterocycles. The van der Waals surface area contributed by atoms with Crippen LogP contribution in [0.25, 0.3) is 0 Å². The van der Waals surface area contributed by atoms with Crippen molar-refractivity contribution in [3.63, 3.8) is 0 Å². The second-order valence-electron chi connectivity index (χ2n) is 6.18. The Balaban J connectivity index is 1.62. The summed E-state index contributed by atoms with van der Waals surface area (Å²) in [4.78, 5) is 12.6. The normalized spacial score (nSPS) is 14.9. The fourth-order valence-electron chi connectivity index (χ4n) is 2.98. The maximum absolute atomic E-state index is 13.7. The molecule has 0 heterocycles. The Morgan fingerprint density at radius 1 is 1.24 bits per heavy atom. The summed E-state index contributed by atoms with van der Waals surface area (Å²) in [5.74, 6) is -0.245. The highest BCUT2D eigenvalue weighted by Gasteiger charge is 2.52. The molecule has 132 valence electrons. The minimum absolute atomic E-state index is 0.0503. The topological polar surface area (TPSA) is 38.3 Å². The molecule has 1 amide bonds. The summed E-state index contributed by atoms with van der Waals surface area (Å²) in [6, 6.07) is 10.0. The van der Waals surface area contributed by atoms with E-state index in [1.165, 1.54) is 13.2 Å². The molecule has 3 nitrogen and oxygen atoms in total. The van der Waals surface area contributed by atoms with Gasteiger partial charge in [0.2, 0.25) is 5.91 Å². The van der Waals surface area contributed by atoms with Gasteiger partial charge in [0.15, 0.2) is 11.6 Å². The lowest BCUT2D eigenvalue weighted by Crippen LogP contribution is -2.36. The lowest BCUT2D eigenvalue weighted by Gasteiger charge is -2.17. The van der Waals surface area contributed by atoms with Gasteiger partial charge in [-0.3, -0.25) is 4.79 Å². The fraction of sp³-hybridized carbons (Fsp3) is 0.316. The van der Waals surface area contributed by atoms with Crippen molar-refractivity contribution in [1.29, 1.82) is 0 Å². The van der Waals surface area contributed by atoms with Crippen molar-refractivity contribution in [2.24, 2.45) is 0 Å². The first-order valence-electron chi connectivity index (χ1n) is 8.02. The third-order valence-electron chi connectivity index (χ3n) is 4.55.